The summed E-state index contributed by atoms with van der Waals surface area (Å²) < 4.78 is 1.03. The summed E-state index contributed by atoms with van der Waals surface area (Å²) in [4.78, 5) is 11.9. The average molecular weight is 336 g/mol. The summed E-state index contributed by atoms with van der Waals surface area (Å²) in [6, 6.07) is 7.90. The van der Waals surface area contributed by atoms with Gasteiger partial charge in [0.1, 0.15) is 0 Å². The minimum absolute atomic E-state index is 0. The zero-order chi connectivity index (χ0) is 13.1. The number of halogens is 2. The molecule has 0 aliphatic heterocycles. The molecule has 3 nitrogen and oxygen atoms in total. The van der Waals surface area contributed by atoms with Crippen molar-refractivity contribution in [3.63, 3.8) is 0 Å². The fourth-order valence-electron chi connectivity index (χ4n) is 1.32. The Hall–Kier alpha value is -0.580. The molecule has 0 bridgehead atoms. The maximum absolute atomic E-state index is 11.9. The van der Waals surface area contributed by atoms with Gasteiger partial charge in [-0.05, 0) is 38.5 Å². The standard InChI is InChI=1S/C13H19BrN2O.ClH/c1-9(10-4-6-11(14)7-5-10)16-12(17)13(2,3)8-15;/h4-7,9H,8,15H2,1-3H3,(H,16,17);1H. The Morgan fingerprint density at radius 3 is 2.33 bits per heavy atom. The molecule has 102 valence electrons. The zero-order valence-electron chi connectivity index (χ0n) is 10.9. The van der Waals surface area contributed by atoms with Crippen LogP contribution in [0.1, 0.15) is 32.4 Å². The topological polar surface area (TPSA) is 55.1 Å². The molecule has 0 fully saturated rings. The van der Waals surface area contributed by atoms with E-state index in [0.29, 0.717) is 6.54 Å². The Balaban J connectivity index is 0.00000289. The number of amides is 1. The van der Waals surface area contributed by atoms with Crippen LogP contribution in [0.25, 0.3) is 0 Å². The van der Waals surface area contributed by atoms with Crippen LogP contribution in [-0.2, 0) is 4.79 Å². The van der Waals surface area contributed by atoms with Crippen molar-refractivity contribution in [2.45, 2.75) is 26.8 Å². The maximum Gasteiger partial charge on any atom is 0.227 e. The van der Waals surface area contributed by atoms with Crippen LogP contribution in [0.4, 0.5) is 0 Å². The van der Waals surface area contributed by atoms with Crippen LogP contribution in [0.3, 0.4) is 0 Å². The lowest BCUT2D eigenvalue weighted by molar-refractivity contribution is -0.129. The quantitative estimate of drug-likeness (QED) is 0.888. The highest BCUT2D eigenvalue weighted by atomic mass is 79.9. The summed E-state index contributed by atoms with van der Waals surface area (Å²) in [7, 11) is 0. The molecule has 0 aliphatic carbocycles. The number of hydrogen-bond acceptors (Lipinski definition) is 2. The first kappa shape index (κ1) is 17.4. The van der Waals surface area contributed by atoms with Gasteiger partial charge in [0.05, 0.1) is 11.5 Å². The summed E-state index contributed by atoms with van der Waals surface area (Å²) in [5.41, 5.74) is 6.13. The second-order valence-electron chi connectivity index (χ2n) is 4.83. The molecular formula is C13H20BrClN2O. The molecular weight excluding hydrogens is 316 g/mol. The van der Waals surface area contributed by atoms with E-state index in [2.05, 4.69) is 21.2 Å². The number of nitrogens with two attached hydrogens (primary N) is 1. The van der Waals surface area contributed by atoms with Gasteiger partial charge in [0.15, 0.2) is 0 Å². The number of nitrogens with one attached hydrogen (secondary N) is 1. The van der Waals surface area contributed by atoms with Crippen molar-refractivity contribution in [1.82, 2.24) is 5.32 Å². The smallest absolute Gasteiger partial charge is 0.227 e. The van der Waals surface area contributed by atoms with Crippen LogP contribution in [0.2, 0.25) is 0 Å². The molecule has 1 unspecified atom stereocenters. The molecule has 3 N–H and O–H groups in total. The van der Waals surface area contributed by atoms with Gasteiger partial charge >= 0.3 is 0 Å². The Kier molecular flexibility index (Phi) is 6.89. The van der Waals surface area contributed by atoms with Crippen LogP contribution in [0.5, 0.6) is 0 Å². The van der Waals surface area contributed by atoms with Crippen LogP contribution >= 0.6 is 28.3 Å². The average Bonchev–Trinajstić information content (AvgIpc) is 2.29. The molecule has 5 heteroatoms. The molecule has 0 aromatic heterocycles. The van der Waals surface area contributed by atoms with Gasteiger partial charge in [0.2, 0.25) is 5.91 Å². The molecule has 1 atom stereocenters. The fourth-order valence-corrected chi connectivity index (χ4v) is 1.58. The van der Waals surface area contributed by atoms with E-state index >= 15 is 0 Å². The molecule has 1 rings (SSSR count). The molecule has 0 radical (unpaired) electrons. The molecule has 1 aromatic carbocycles. The van der Waals surface area contributed by atoms with Crippen molar-refractivity contribution in [2.75, 3.05) is 6.54 Å². The Bertz CT molecular complexity index is 392. The van der Waals surface area contributed by atoms with Crippen LogP contribution < -0.4 is 11.1 Å². The van der Waals surface area contributed by atoms with Crippen LogP contribution in [-0.4, -0.2) is 12.5 Å². The highest BCUT2D eigenvalue weighted by Gasteiger charge is 2.26. The van der Waals surface area contributed by atoms with Crippen molar-refractivity contribution < 1.29 is 4.79 Å². The first-order valence-corrected chi connectivity index (χ1v) is 6.42. The van der Waals surface area contributed by atoms with Gasteiger partial charge in [-0.25, -0.2) is 0 Å². The molecule has 1 amide bonds. The van der Waals surface area contributed by atoms with Crippen molar-refractivity contribution in [2.24, 2.45) is 11.1 Å². The minimum Gasteiger partial charge on any atom is -0.349 e. The fraction of sp³-hybridized carbons (Fsp3) is 0.462. The lowest BCUT2D eigenvalue weighted by Crippen LogP contribution is -2.42. The molecule has 0 spiro atoms. The summed E-state index contributed by atoms with van der Waals surface area (Å²) in [6.07, 6.45) is 0. The molecule has 0 heterocycles. The number of carbonyl (C=O) groups is 1. The Labute approximate surface area is 123 Å². The zero-order valence-corrected chi connectivity index (χ0v) is 13.3. The highest BCUT2D eigenvalue weighted by Crippen LogP contribution is 2.19. The predicted octanol–water partition coefficient (Wildman–Crippen LogP) is 3.03. The van der Waals surface area contributed by atoms with Gasteiger partial charge in [-0.2, -0.15) is 0 Å². The highest BCUT2D eigenvalue weighted by molar-refractivity contribution is 9.10. The largest absolute Gasteiger partial charge is 0.349 e. The normalized spacial score (nSPS) is 12.5. The third-order valence-electron chi connectivity index (χ3n) is 2.84. The summed E-state index contributed by atoms with van der Waals surface area (Å²) in [6.45, 7) is 5.99. The molecule has 0 aliphatic rings. The first-order valence-electron chi connectivity index (χ1n) is 5.63. The van der Waals surface area contributed by atoms with Gasteiger partial charge < -0.3 is 11.1 Å². The Morgan fingerprint density at radius 2 is 1.89 bits per heavy atom. The lowest BCUT2D eigenvalue weighted by atomic mass is 9.92. The number of rotatable bonds is 4. The summed E-state index contributed by atoms with van der Waals surface area (Å²) in [5.74, 6) is -0.0181. The van der Waals surface area contributed by atoms with Crippen LogP contribution in [0.15, 0.2) is 28.7 Å². The van der Waals surface area contributed by atoms with E-state index in [1.807, 2.05) is 45.0 Å². The Morgan fingerprint density at radius 1 is 1.39 bits per heavy atom. The molecule has 18 heavy (non-hydrogen) atoms. The molecule has 1 aromatic rings. The molecule has 0 saturated heterocycles. The van der Waals surface area contributed by atoms with E-state index in [1.54, 1.807) is 0 Å². The van der Waals surface area contributed by atoms with E-state index in [9.17, 15) is 4.79 Å². The van der Waals surface area contributed by atoms with Gasteiger partial charge in [0.25, 0.3) is 0 Å². The third kappa shape index (κ3) is 4.59. The van der Waals surface area contributed by atoms with E-state index in [4.69, 9.17) is 5.73 Å². The second kappa shape index (κ2) is 7.12. The van der Waals surface area contributed by atoms with Crippen molar-refractivity contribution in [3.8, 4) is 0 Å². The van der Waals surface area contributed by atoms with Crippen molar-refractivity contribution in [3.05, 3.63) is 34.3 Å². The summed E-state index contributed by atoms with van der Waals surface area (Å²) >= 11 is 3.38. The van der Waals surface area contributed by atoms with E-state index in [-0.39, 0.29) is 24.4 Å². The lowest BCUT2D eigenvalue weighted by Gasteiger charge is -2.24. The van der Waals surface area contributed by atoms with Crippen LogP contribution in [0, 0.1) is 5.41 Å². The summed E-state index contributed by atoms with van der Waals surface area (Å²) in [5, 5.41) is 2.97. The molecule has 0 saturated carbocycles. The monoisotopic (exact) mass is 334 g/mol. The maximum atomic E-state index is 11.9. The number of benzene rings is 1. The van der Waals surface area contributed by atoms with Gasteiger partial charge in [-0.1, -0.05) is 28.1 Å². The minimum atomic E-state index is -0.524. The predicted molar refractivity (Wildman–Crippen MR) is 80.8 cm³/mol. The second-order valence-corrected chi connectivity index (χ2v) is 5.75. The van der Waals surface area contributed by atoms with Crippen molar-refractivity contribution >= 4 is 34.2 Å². The van der Waals surface area contributed by atoms with E-state index in [1.165, 1.54) is 0 Å². The van der Waals surface area contributed by atoms with Gasteiger partial charge in [-0.3, -0.25) is 4.79 Å². The van der Waals surface area contributed by atoms with E-state index < -0.39 is 5.41 Å². The number of carbonyl (C=O) groups excluding carboxylic acids is 1. The van der Waals surface area contributed by atoms with Gasteiger partial charge in [-0.15, -0.1) is 12.4 Å². The third-order valence-corrected chi connectivity index (χ3v) is 3.37. The van der Waals surface area contributed by atoms with E-state index in [0.717, 1.165) is 10.0 Å². The first-order chi connectivity index (χ1) is 7.86. The number of hydrogen-bond donors (Lipinski definition) is 2. The SMILES string of the molecule is CC(NC(=O)C(C)(C)CN)c1ccc(Br)cc1.Cl. The van der Waals surface area contributed by atoms with Gasteiger partial charge in [0, 0.05) is 11.0 Å². The van der Waals surface area contributed by atoms with Crippen molar-refractivity contribution in [1.29, 1.82) is 0 Å².